The van der Waals surface area contributed by atoms with Crippen molar-refractivity contribution in [1.29, 1.82) is 0 Å². The molecule has 9 nitrogen and oxygen atoms in total. The minimum absolute atomic E-state index is 0.0272. The number of non-ortho nitro benzene ring substituents is 1. The van der Waals surface area contributed by atoms with Gasteiger partial charge in [0, 0.05) is 17.7 Å². The number of nitrogens with zero attached hydrogens (tertiary/aromatic N) is 3. The lowest BCUT2D eigenvalue weighted by Gasteiger charge is -2.29. The molecule has 0 saturated carbocycles. The Morgan fingerprint density at radius 3 is 2.47 bits per heavy atom. The van der Waals surface area contributed by atoms with Crippen molar-refractivity contribution in [3.8, 4) is 0 Å². The number of carbonyl (C=O) groups excluding carboxylic acids is 4. The highest BCUT2D eigenvalue weighted by atomic mass is 32.1. The van der Waals surface area contributed by atoms with Crippen LogP contribution in [-0.2, 0) is 9.59 Å². The van der Waals surface area contributed by atoms with E-state index in [4.69, 9.17) is 0 Å². The molecule has 2 heterocycles. The molecule has 0 N–H and O–H groups in total. The van der Waals surface area contributed by atoms with Gasteiger partial charge in [0.05, 0.1) is 21.6 Å². The molecule has 2 aromatic rings. The van der Waals surface area contributed by atoms with Gasteiger partial charge in [0.15, 0.2) is 5.78 Å². The summed E-state index contributed by atoms with van der Waals surface area (Å²) in [6, 6.07) is 8.10. The summed E-state index contributed by atoms with van der Waals surface area (Å²) in [6.45, 7) is 1.39. The van der Waals surface area contributed by atoms with E-state index in [1.165, 1.54) is 23.5 Å². The van der Waals surface area contributed by atoms with E-state index < -0.39 is 46.8 Å². The van der Waals surface area contributed by atoms with Crippen molar-refractivity contribution < 1.29 is 24.1 Å². The summed E-state index contributed by atoms with van der Waals surface area (Å²) in [4.78, 5) is 63.1. The second-order valence-electron chi connectivity index (χ2n) is 7.76. The van der Waals surface area contributed by atoms with Gasteiger partial charge >= 0.3 is 0 Å². The summed E-state index contributed by atoms with van der Waals surface area (Å²) in [6.07, 6.45) is 2.73. The standard InChI is InChI=1S/C22H19N3O6S/c1-13-4-9-16-17(11-13)22(29)24(21(16)28)23(12-18(26)19-3-2-10-32-19)20(27)14-5-7-15(8-6-14)25(30)31/h2-8,10,16-17H,9,11-12H2,1H3/t16-,17-/m1/s1. The molecule has 164 valence electrons. The summed E-state index contributed by atoms with van der Waals surface area (Å²) in [5.74, 6) is -3.35. The summed E-state index contributed by atoms with van der Waals surface area (Å²) < 4.78 is 0. The van der Waals surface area contributed by atoms with Gasteiger partial charge in [-0.25, -0.2) is 5.01 Å². The van der Waals surface area contributed by atoms with Crippen LogP contribution >= 0.6 is 11.3 Å². The first-order chi connectivity index (χ1) is 15.3. The number of fused-ring (bicyclic) bond motifs is 1. The zero-order valence-corrected chi connectivity index (χ0v) is 17.9. The van der Waals surface area contributed by atoms with Gasteiger partial charge in [0.25, 0.3) is 23.4 Å². The predicted molar refractivity (Wildman–Crippen MR) is 115 cm³/mol. The Bertz CT molecular complexity index is 1140. The van der Waals surface area contributed by atoms with Gasteiger partial charge in [-0.3, -0.25) is 29.3 Å². The van der Waals surface area contributed by atoms with Crippen molar-refractivity contribution in [2.45, 2.75) is 19.8 Å². The molecular formula is C22H19N3O6S. The quantitative estimate of drug-likeness (QED) is 0.218. The van der Waals surface area contributed by atoms with E-state index in [1.807, 2.05) is 13.0 Å². The number of hydrogen-bond donors (Lipinski definition) is 0. The first-order valence-electron chi connectivity index (χ1n) is 9.94. The van der Waals surface area contributed by atoms with Crippen LogP contribution < -0.4 is 0 Å². The molecule has 1 aliphatic heterocycles. The zero-order valence-electron chi connectivity index (χ0n) is 17.1. The molecule has 2 aliphatic rings. The van der Waals surface area contributed by atoms with Gasteiger partial charge in [-0.1, -0.05) is 17.7 Å². The molecule has 10 heteroatoms. The number of amides is 3. The highest BCUT2D eigenvalue weighted by Gasteiger charge is 2.51. The third-order valence-corrected chi connectivity index (χ3v) is 6.60. The summed E-state index contributed by atoms with van der Waals surface area (Å²) in [7, 11) is 0. The van der Waals surface area contributed by atoms with Crippen molar-refractivity contribution in [1.82, 2.24) is 10.0 Å². The van der Waals surface area contributed by atoms with E-state index in [2.05, 4.69) is 0 Å². The zero-order chi connectivity index (χ0) is 23.0. The lowest BCUT2D eigenvalue weighted by molar-refractivity contribution is -0.384. The van der Waals surface area contributed by atoms with Gasteiger partial charge in [-0.05, 0) is 43.3 Å². The maximum absolute atomic E-state index is 13.3. The molecule has 4 rings (SSSR count). The molecule has 3 amide bonds. The number of rotatable bonds is 6. The Morgan fingerprint density at radius 2 is 1.84 bits per heavy atom. The Balaban J connectivity index is 1.68. The molecule has 1 aliphatic carbocycles. The van der Waals surface area contributed by atoms with Crippen LogP contribution in [0.4, 0.5) is 5.69 Å². The number of imide groups is 1. The second kappa shape index (κ2) is 8.46. The van der Waals surface area contributed by atoms with Crippen LogP contribution in [0.2, 0.25) is 0 Å². The molecule has 1 saturated heterocycles. The Kier molecular flexibility index (Phi) is 5.70. The Hall–Kier alpha value is -3.66. The average molecular weight is 453 g/mol. The number of thiophene rings is 1. The second-order valence-corrected chi connectivity index (χ2v) is 8.71. The van der Waals surface area contributed by atoms with Crippen molar-refractivity contribution >= 4 is 40.5 Å². The van der Waals surface area contributed by atoms with E-state index in [1.54, 1.807) is 17.5 Å². The number of ketones is 1. The van der Waals surface area contributed by atoms with E-state index in [-0.39, 0.29) is 11.3 Å². The topological polar surface area (TPSA) is 118 Å². The fourth-order valence-corrected chi connectivity index (χ4v) is 4.67. The van der Waals surface area contributed by atoms with Crippen molar-refractivity contribution in [2.75, 3.05) is 6.54 Å². The van der Waals surface area contributed by atoms with Gasteiger partial charge < -0.3 is 0 Å². The molecular weight excluding hydrogens is 434 g/mol. The number of carbonyl (C=O) groups is 4. The monoisotopic (exact) mass is 453 g/mol. The lowest BCUT2D eigenvalue weighted by Crippen LogP contribution is -2.52. The molecule has 0 radical (unpaired) electrons. The van der Waals surface area contributed by atoms with Crippen LogP contribution in [0.5, 0.6) is 0 Å². The number of hydrazine groups is 1. The molecule has 2 atom stereocenters. The van der Waals surface area contributed by atoms with E-state index >= 15 is 0 Å². The number of hydrogen-bond acceptors (Lipinski definition) is 7. The number of Topliss-reactive ketones (excluding diaryl/α,β-unsaturated/α-hetero) is 1. The first-order valence-corrected chi connectivity index (χ1v) is 10.8. The first kappa shape index (κ1) is 21.6. The summed E-state index contributed by atoms with van der Waals surface area (Å²) >= 11 is 1.19. The van der Waals surface area contributed by atoms with Crippen LogP contribution in [-0.4, -0.2) is 45.0 Å². The smallest absolute Gasteiger partial charge is 0.273 e. The van der Waals surface area contributed by atoms with E-state index in [0.29, 0.717) is 17.7 Å². The van der Waals surface area contributed by atoms with E-state index in [0.717, 1.165) is 27.7 Å². The van der Waals surface area contributed by atoms with Crippen molar-refractivity contribution in [2.24, 2.45) is 11.8 Å². The van der Waals surface area contributed by atoms with Crippen LogP contribution in [0, 0.1) is 22.0 Å². The number of nitro benzene ring substituents is 1. The molecule has 1 fully saturated rings. The summed E-state index contributed by atoms with van der Waals surface area (Å²) in [5.41, 5.74) is 0.820. The number of allylic oxidation sites excluding steroid dienone is 2. The van der Waals surface area contributed by atoms with E-state index in [9.17, 15) is 29.3 Å². The minimum atomic E-state index is -0.755. The van der Waals surface area contributed by atoms with Crippen LogP contribution in [0.3, 0.4) is 0 Å². The summed E-state index contributed by atoms with van der Waals surface area (Å²) in [5, 5.41) is 14.3. The number of benzene rings is 1. The lowest BCUT2D eigenvalue weighted by atomic mass is 9.82. The average Bonchev–Trinajstić information content (AvgIpc) is 3.40. The normalized spacial score (nSPS) is 20.0. The third-order valence-electron chi connectivity index (χ3n) is 5.69. The molecule has 1 aromatic carbocycles. The van der Waals surface area contributed by atoms with Crippen LogP contribution in [0.1, 0.15) is 39.8 Å². The maximum atomic E-state index is 13.3. The van der Waals surface area contributed by atoms with Crippen molar-refractivity contribution in [3.63, 3.8) is 0 Å². The fraction of sp³-hybridized carbons (Fsp3) is 0.273. The fourth-order valence-electron chi connectivity index (χ4n) is 4.02. The predicted octanol–water partition coefficient (Wildman–Crippen LogP) is 3.24. The van der Waals surface area contributed by atoms with Gasteiger partial charge in [0.2, 0.25) is 0 Å². The number of nitro groups is 1. The SMILES string of the molecule is CC1=CC[C@H]2C(=O)N(N(CC(=O)c3cccs3)C(=O)c3ccc([N+](=O)[O-])cc3)C(=O)[C@@H]2C1. The minimum Gasteiger partial charge on any atom is -0.291 e. The van der Waals surface area contributed by atoms with Crippen molar-refractivity contribution in [3.05, 3.63) is 74.0 Å². The third kappa shape index (κ3) is 3.84. The highest BCUT2D eigenvalue weighted by molar-refractivity contribution is 7.12. The Morgan fingerprint density at radius 1 is 1.16 bits per heavy atom. The van der Waals surface area contributed by atoms with Crippen LogP contribution in [0.15, 0.2) is 53.4 Å². The molecule has 1 aromatic heterocycles. The molecule has 32 heavy (non-hydrogen) atoms. The molecule has 0 unspecified atom stereocenters. The highest BCUT2D eigenvalue weighted by Crippen LogP contribution is 2.38. The van der Waals surface area contributed by atoms with Gasteiger partial charge in [0.1, 0.15) is 6.54 Å². The van der Waals surface area contributed by atoms with Gasteiger partial charge in [-0.15, -0.1) is 11.3 Å². The van der Waals surface area contributed by atoms with Gasteiger partial charge in [-0.2, -0.15) is 5.01 Å². The maximum Gasteiger partial charge on any atom is 0.273 e. The van der Waals surface area contributed by atoms with Crippen LogP contribution in [0.25, 0.3) is 0 Å². The molecule has 0 spiro atoms. The molecule has 0 bridgehead atoms. The Labute approximate surface area is 187 Å². The largest absolute Gasteiger partial charge is 0.291 e.